The van der Waals surface area contributed by atoms with Crippen LogP contribution in [0, 0.1) is 26.6 Å². The molecule has 1 aromatic heterocycles. The number of halogens is 2. The molecule has 160 valence electrons. The van der Waals surface area contributed by atoms with Crippen LogP contribution in [-0.4, -0.2) is 22.0 Å². The molecular weight excluding hydrogens is 417 g/mol. The fourth-order valence-corrected chi connectivity index (χ4v) is 4.15. The Balaban J connectivity index is 1.46. The summed E-state index contributed by atoms with van der Waals surface area (Å²) in [7, 11) is 0. The van der Waals surface area contributed by atoms with Gasteiger partial charge < -0.3 is 4.74 Å². The molecule has 0 spiro atoms. The van der Waals surface area contributed by atoms with E-state index in [0.29, 0.717) is 17.1 Å². The summed E-state index contributed by atoms with van der Waals surface area (Å²) in [5.41, 5.74) is 5.34. The monoisotopic (exact) mass is 439 g/mol. The smallest absolute Gasteiger partial charge is 0.412 e. The normalized spacial score (nSPS) is 17.7. The molecule has 0 saturated heterocycles. The van der Waals surface area contributed by atoms with Gasteiger partial charge in [0, 0.05) is 27.9 Å². The standard InChI is InChI=1S/C24H23ClFN3O2/c1-14-7-9-20(13-22(14)25)29-16(3)23(15(2)28-29)17-8-10-21(11-17)31-24(30)27-19-6-4-5-18(26)12-19/h4-10,12-13,17,21H,11H2,1-3H3,(H,27,30)/t17-,21+/m0/s1. The van der Waals surface area contributed by atoms with Crippen LogP contribution < -0.4 is 5.32 Å². The first-order chi connectivity index (χ1) is 14.8. The van der Waals surface area contributed by atoms with Gasteiger partial charge >= 0.3 is 6.09 Å². The first-order valence-electron chi connectivity index (χ1n) is 10.1. The first kappa shape index (κ1) is 21.1. The van der Waals surface area contributed by atoms with E-state index in [1.807, 2.05) is 55.8 Å². The number of hydrogen-bond acceptors (Lipinski definition) is 3. The molecule has 2 atom stereocenters. The van der Waals surface area contributed by atoms with Crippen LogP contribution in [0.4, 0.5) is 14.9 Å². The molecule has 0 aliphatic heterocycles. The van der Waals surface area contributed by atoms with E-state index in [0.717, 1.165) is 28.2 Å². The lowest BCUT2D eigenvalue weighted by molar-refractivity contribution is 0.132. The zero-order valence-corrected chi connectivity index (χ0v) is 18.3. The van der Waals surface area contributed by atoms with Crippen LogP contribution in [-0.2, 0) is 4.74 Å². The van der Waals surface area contributed by atoms with Crippen LogP contribution in [0.25, 0.3) is 5.69 Å². The van der Waals surface area contributed by atoms with Crippen molar-refractivity contribution in [3.63, 3.8) is 0 Å². The highest BCUT2D eigenvalue weighted by atomic mass is 35.5. The Hall–Kier alpha value is -3.12. The molecule has 4 rings (SSSR count). The third-order valence-corrected chi connectivity index (χ3v) is 5.90. The van der Waals surface area contributed by atoms with Crippen molar-refractivity contribution in [3.05, 3.63) is 88.0 Å². The van der Waals surface area contributed by atoms with E-state index in [1.54, 1.807) is 6.07 Å². The molecule has 3 aromatic rings. The maximum atomic E-state index is 13.3. The van der Waals surface area contributed by atoms with Gasteiger partial charge in [-0.3, -0.25) is 5.32 Å². The molecule has 0 bridgehead atoms. The molecule has 2 aromatic carbocycles. The van der Waals surface area contributed by atoms with Gasteiger partial charge in [-0.05, 0) is 69.2 Å². The summed E-state index contributed by atoms with van der Waals surface area (Å²) >= 11 is 6.30. The lowest BCUT2D eigenvalue weighted by Crippen LogP contribution is -2.20. The highest BCUT2D eigenvalue weighted by Gasteiger charge is 2.28. The van der Waals surface area contributed by atoms with Crippen molar-refractivity contribution >= 4 is 23.4 Å². The van der Waals surface area contributed by atoms with Crippen molar-refractivity contribution in [2.45, 2.75) is 39.2 Å². The molecule has 1 N–H and O–H groups in total. The average Bonchev–Trinajstić information content (AvgIpc) is 3.27. The molecular formula is C24H23ClFN3O2. The van der Waals surface area contributed by atoms with Crippen LogP contribution in [0.1, 0.15) is 34.9 Å². The minimum Gasteiger partial charge on any atom is -0.442 e. The Kier molecular flexibility index (Phi) is 5.83. The summed E-state index contributed by atoms with van der Waals surface area (Å²) < 4.78 is 20.7. The number of allylic oxidation sites excluding steroid dienone is 1. The first-order valence-corrected chi connectivity index (χ1v) is 10.4. The van der Waals surface area contributed by atoms with E-state index >= 15 is 0 Å². The molecule has 1 heterocycles. The summed E-state index contributed by atoms with van der Waals surface area (Å²) in [6.45, 7) is 5.97. The van der Waals surface area contributed by atoms with E-state index in [2.05, 4.69) is 5.32 Å². The van der Waals surface area contributed by atoms with Gasteiger partial charge in [-0.2, -0.15) is 5.10 Å². The molecule has 1 amide bonds. The molecule has 0 fully saturated rings. The molecule has 5 nitrogen and oxygen atoms in total. The van der Waals surface area contributed by atoms with Gasteiger partial charge in [0.2, 0.25) is 0 Å². The van der Waals surface area contributed by atoms with E-state index in [-0.39, 0.29) is 12.0 Å². The molecule has 7 heteroatoms. The number of hydrogen-bond donors (Lipinski definition) is 1. The number of nitrogens with one attached hydrogen (secondary N) is 1. The van der Waals surface area contributed by atoms with Gasteiger partial charge in [0.1, 0.15) is 11.9 Å². The summed E-state index contributed by atoms with van der Waals surface area (Å²) in [4.78, 5) is 12.2. The van der Waals surface area contributed by atoms with Crippen molar-refractivity contribution in [1.29, 1.82) is 0 Å². The van der Waals surface area contributed by atoms with Gasteiger partial charge in [-0.15, -0.1) is 0 Å². The number of aromatic nitrogens is 2. The summed E-state index contributed by atoms with van der Waals surface area (Å²) in [5.74, 6) is -0.335. The van der Waals surface area contributed by atoms with E-state index in [9.17, 15) is 9.18 Å². The third kappa shape index (κ3) is 4.49. The van der Waals surface area contributed by atoms with Crippen molar-refractivity contribution in [2.24, 2.45) is 0 Å². The van der Waals surface area contributed by atoms with Crippen molar-refractivity contribution in [2.75, 3.05) is 5.32 Å². The second kappa shape index (κ2) is 8.55. The molecule has 0 saturated carbocycles. The zero-order valence-electron chi connectivity index (χ0n) is 17.5. The van der Waals surface area contributed by atoms with Crippen LogP contribution in [0.5, 0.6) is 0 Å². The molecule has 1 aliphatic rings. The second-order valence-corrected chi connectivity index (χ2v) is 8.14. The number of benzene rings is 2. The maximum Gasteiger partial charge on any atom is 0.412 e. The van der Waals surface area contributed by atoms with Crippen LogP contribution in [0.2, 0.25) is 5.02 Å². The maximum absolute atomic E-state index is 13.3. The molecule has 1 aliphatic carbocycles. The number of anilines is 1. The Labute approximate surface area is 185 Å². The van der Waals surface area contributed by atoms with Gasteiger partial charge in [-0.1, -0.05) is 29.8 Å². The minimum absolute atomic E-state index is 0.0849. The van der Waals surface area contributed by atoms with Crippen LogP contribution >= 0.6 is 11.6 Å². The van der Waals surface area contributed by atoms with Crippen LogP contribution in [0.3, 0.4) is 0 Å². The van der Waals surface area contributed by atoms with Crippen molar-refractivity contribution in [3.8, 4) is 5.69 Å². The van der Waals surface area contributed by atoms with Gasteiger partial charge in [0.25, 0.3) is 0 Å². The molecule has 0 unspecified atom stereocenters. The number of nitrogens with zero attached hydrogens (tertiary/aromatic N) is 2. The zero-order chi connectivity index (χ0) is 22.1. The lowest BCUT2D eigenvalue weighted by atomic mass is 9.96. The Morgan fingerprint density at radius 2 is 2.00 bits per heavy atom. The summed E-state index contributed by atoms with van der Waals surface area (Å²) in [5, 5.41) is 7.97. The van der Waals surface area contributed by atoms with E-state index in [4.69, 9.17) is 21.4 Å². The minimum atomic E-state index is -0.612. The number of aryl methyl sites for hydroxylation is 2. The highest BCUT2D eigenvalue weighted by molar-refractivity contribution is 6.31. The fraction of sp³-hybridized carbons (Fsp3) is 0.250. The Morgan fingerprint density at radius 1 is 1.19 bits per heavy atom. The highest BCUT2D eigenvalue weighted by Crippen LogP contribution is 2.35. The quantitative estimate of drug-likeness (QED) is 0.489. The van der Waals surface area contributed by atoms with Gasteiger partial charge in [0.15, 0.2) is 0 Å². The molecule has 0 radical (unpaired) electrons. The number of carbonyl (C=O) groups is 1. The van der Waals surface area contributed by atoms with Gasteiger partial charge in [-0.25, -0.2) is 13.9 Å². The number of amides is 1. The predicted molar refractivity (Wildman–Crippen MR) is 120 cm³/mol. The number of carbonyl (C=O) groups excluding carboxylic acids is 1. The summed E-state index contributed by atoms with van der Waals surface area (Å²) in [6.07, 6.45) is 3.57. The van der Waals surface area contributed by atoms with E-state index < -0.39 is 11.9 Å². The summed E-state index contributed by atoms with van der Waals surface area (Å²) in [6, 6.07) is 11.6. The second-order valence-electron chi connectivity index (χ2n) is 7.74. The molecule has 31 heavy (non-hydrogen) atoms. The number of rotatable bonds is 4. The average molecular weight is 440 g/mol. The van der Waals surface area contributed by atoms with Crippen LogP contribution in [0.15, 0.2) is 54.6 Å². The topological polar surface area (TPSA) is 56.2 Å². The Morgan fingerprint density at radius 3 is 2.74 bits per heavy atom. The predicted octanol–water partition coefficient (Wildman–Crippen LogP) is 6.25. The van der Waals surface area contributed by atoms with Crippen molar-refractivity contribution in [1.82, 2.24) is 9.78 Å². The van der Waals surface area contributed by atoms with Gasteiger partial charge in [0.05, 0.1) is 11.4 Å². The third-order valence-electron chi connectivity index (χ3n) is 5.49. The largest absolute Gasteiger partial charge is 0.442 e. The fourth-order valence-electron chi connectivity index (χ4n) is 3.97. The Bertz CT molecular complexity index is 1170. The van der Waals surface area contributed by atoms with E-state index in [1.165, 1.54) is 18.2 Å². The SMILES string of the molecule is Cc1ccc(-n2nc(C)c([C@H]3C=C[C@@H](OC(=O)Nc4cccc(F)c4)C3)c2C)cc1Cl. The van der Waals surface area contributed by atoms with Crippen molar-refractivity contribution < 1.29 is 13.9 Å². The number of ether oxygens (including phenoxy) is 1. The lowest BCUT2D eigenvalue weighted by Gasteiger charge is -2.15.